The first-order chi connectivity index (χ1) is 11.2. The highest BCUT2D eigenvalue weighted by Crippen LogP contribution is 2.23. The molecule has 0 spiro atoms. The lowest BCUT2D eigenvalue weighted by atomic mass is 10.2. The molecule has 0 aliphatic rings. The Kier molecular flexibility index (Phi) is 13.0. The molecule has 2 N–H and O–H groups in total. The van der Waals surface area contributed by atoms with Crippen molar-refractivity contribution >= 4 is 53.8 Å². The van der Waals surface area contributed by atoms with Gasteiger partial charge < -0.3 is 10.6 Å². The van der Waals surface area contributed by atoms with Gasteiger partial charge in [0.2, 0.25) is 0 Å². The quantitative estimate of drug-likeness (QED) is 0.467. The summed E-state index contributed by atoms with van der Waals surface area (Å²) in [6, 6.07) is 7.75. The molecule has 140 valence electrons. The van der Waals surface area contributed by atoms with E-state index < -0.39 is 0 Å². The molecule has 0 fully saturated rings. The Balaban J connectivity index is 0.00000288. The van der Waals surface area contributed by atoms with Crippen molar-refractivity contribution in [3.05, 3.63) is 45.9 Å². The zero-order valence-corrected chi connectivity index (χ0v) is 17.7. The SMILES string of the molecule is CCCNCCNC(=O)c1ccc(SCc2csc(C)n2)cc1.Cl.Cl. The fourth-order valence-electron chi connectivity index (χ4n) is 2.00. The number of thioether (sulfide) groups is 1. The lowest BCUT2D eigenvalue weighted by Gasteiger charge is -2.07. The summed E-state index contributed by atoms with van der Waals surface area (Å²) in [5, 5.41) is 9.38. The molecule has 1 heterocycles. The average Bonchev–Trinajstić information content (AvgIpc) is 2.98. The predicted molar refractivity (Wildman–Crippen MR) is 113 cm³/mol. The first-order valence-electron chi connectivity index (χ1n) is 7.82. The Morgan fingerprint density at radius 3 is 2.48 bits per heavy atom. The Bertz CT molecular complexity index is 621. The standard InChI is InChI=1S/C17H23N3OS2.2ClH/c1-3-8-18-9-10-19-17(21)14-4-6-16(7-5-14)23-12-15-11-22-13(2)20-15;;/h4-7,11,18H,3,8-10,12H2,1-2H3,(H,19,21);2*1H. The topological polar surface area (TPSA) is 54.0 Å². The van der Waals surface area contributed by atoms with Gasteiger partial charge >= 0.3 is 0 Å². The number of rotatable bonds is 9. The van der Waals surface area contributed by atoms with E-state index in [1.54, 1.807) is 23.1 Å². The van der Waals surface area contributed by atoms with E-state index in [1.807, 2.05) is 31.2 Å². The lowest BCUT2D eigenvalue weighted by Crippen LogP contribution is -2.32. The third kappa shape index (κ3) is 8.92. The minimum absolute atomic E-state index is 0. The molecular formula is C17H25Cl2N3OS2. The number of amides is 1. The molecule has 0 unspecified atom stereocenters. The molecule has 0 saturated carbocycles. The van der Waals surface area contributed by atoms with Gasteiger partial charge in [-0.3, -0.25) is 4.79 Å². The van der Waals surface area contributed by atoms with Gasteiger partial charge in [-0.2, -0.15) is 0 Å². The molecule has 1 amide bonds. The first-order valence-corrected chi connectivity index (χ1v) is 9.68. The second-order valence-corrected chi connectivity index (χ2v) is 7.29. The van der Waals surface area contributed by atoms with Crippen LogP contribution in [0.5, 0.6) is 0 Å². The van der Waals surface area contributed by atoms with Gasteiger partial charge in [-0.15, -0.1) is 47.9 Å². The number of carbonyl (C=O) groups is 1. The third-order valence-corrected chi connectivity index (χ3v) is 5.05. The van der Waals surface area contributed by atoms with Crippen LogP contribution in [0, 0.1) is 6.92 Å². The van der Waals surface area contributed by atoms with E-state index in [9.17, 15) is 4.79 Å². The van der Waals surface area contributed by atoms with Crippen LogP contribution in [0.4, 0.5) is 0 Å². The maximum absolute atomic E-state index is 12.0. The minimum Gasteiger partial charge on any atom is -0.351 e. The van der Waals surface area contributed by atoms with E-state index in [0.717, 1.165) is 40.9 Å². The molecule has 0 saturated heterocycles. The molecule has 0 aliphatic carbocycles. The minimum atomic E-state index is -0.0185. The molecule has 0 bridgehead atoms. The highest BCUT2D eigenvalue weighted by atomic mass is 35.5. The third-order valence-electron chi connectivity index (χ3n) is 3.18. The molecule has 1 aromatic heterocycles. The van der Waals surface area contributed by atoms with Gasteiger partial charge in [-0.25, -0.2) is 4.98 Å². The van der Waals surface area contributed by atoms with Crippen LogP contribution in [0.2, 0.25) is 0 Å². The van der Waals surface area contributed by atoms with Crippen LogP contribution < -0.4 is 10.6 Å². The highest BCUT2D eigenvalue weighted by Gasteiger charge is 2.05. The summed E-state index contributed by atoms with van der Waals surface area (Å²) in [6.07, 6.45) is 1.10. The molecule has 4 nitrogen and oxygen atoms in total. The van der Waals surface area contributed by atoms with Gasteiger partial charge in [0, 0.05) is 34.7 Å². The summed E-state index contributed by atoms with van der Waals surface area (Å²) in [6.45, 7) is 6.59. The second kappa shape index (κ2) is 13.4. The van der Waals surface area contributed by atoms with Crippen molar-refractivity contribution in [2.45, 2.75) is 30.9 Å². The average molecular weight is 422 g/mol. The fourth-order valence-corrected chi connectivity index (χ4v) is 3.51. The van der Waals surface area contributed by atoms with Crippen LogP contribution in [0.3, 0.4) is 0 Å². The van der Waals surface area contributed by atoms with Crippen molar-refractivity contribution in [2.24, 2.45) is 0 Å². The molecule has 8 heteroatoms. The predicted octanol–water partition coefficient (Wildman–Crippen LogP) is 4.32. The number of benzene rings is 1. The van der Waals surface area contributed by atoms with Crippen molar-refractivity contribution in [2.75, 3.05) is 19.6 Å². The summed E-state index contributed by atoms with van der Waals surface area (Å²) >= 11 is 3.41. The Morgan fingerprint density at radius 2 is 1.88 bits per heavy atom. The number of hydrogen-bond donors (Lipinski definition) is 2. The number of aryl methyl sites for hydroxylation is 1. The fraction of sp³-hybridized carbons (Fsp3) is 0.412. The van der Waals surface area contributed by atoms with E-state index in [2.05, 4.69) is 27.9 Å². The Labute approximate surface area is 170 Å². The van der Waals surface area contributed by atoms with Gasteiger partial charge in [0.25, 0.3) is 5.91 Å². The maximum atomic E-state index is 12.0. The van der Waals surface area contributed by atoms with Crippen LogP contribution in [-0.4, -0.2) is 30.5 Å². The number of halogens is 2. The highest BCUT2D eigenvalue weighted by molar-refractivity contribution is 7.98. The number of thiazole rings is 1. The monoisotopic (exact) mass is 421 g/mol. The van der Waals surface area contributed by atoms with E-state index in [1.165, 1.54) is 0 Å². The summed E-state index contributed by atoms with van der Waals surface area (Å²) < 4.78 is 0. The van der Waals surface area contributed by atoms with Crippen LogP contribution in [0.15, 0.2) is 34.5 Å². The number of nitrogens with one attached hydrogen (secondary N) is 2. The Morgan fingerprint density at radius 1 is 1.16 bits per heavy atom. The van der Waals surface area contributed by atoms with Gasteiger partial charge in [0.15, 0.2) is 0 Å². The molecule has 2 aromatic rings. The molecule has 1 aromatic carbocycles. The van der Waals surface area contributed by atoms with E-state index in [4.69, 9.17) is 0 Å². The van der Waals surface area contributed by atoms with Crippen molar-refractivity contribution in [3.63, 3.8) is 0 Å². The van der Waals surface area contributed by atoms with Crippen LogP contribution in [-0.2, 0) is 5.75 Å². The summed E-state index contributed by atoms with van der Waals surface area (Å²) in [5.74, 6) is 0.842. The van der Waals surface area contributed by atoms with E-state index >= 15 is 0 Å². The van der Waals surface area contributed by atoms with Crippen molar-refractivity contribution in [1.82, 2.24) is 15.6 Å². The molecule has 0 aliphatic heterocycles. The number of carbonyl (C=O) groups excluding carboxylic acids is 1. The Hall–Kier alpha value is -0.790. The molecule has 2 rings (SSSR count). The number of hydrogen-bond acceptors (Lipinski definition) is 5. The summed E-state index contributed by atoms with van der Waals surface area (Å²) in [7, 11) is 0. The largest absolute Gasteiger partial charge is 0.351 e. The van der Waals surface area contributed by atoms with Crippen molar-refractivity contribution in [1.29, 1.82) is 0 Å². The zero-order chi connectivity index (χ0) is 16.5. The van der Waals surface area contributed by atoms with Crippen LogP contribution in [0.25, 0.3) is 0 Å². The normalized spacial score (nSPS) is 9.84. The molecule has 0 atom stereocenters. The zero-order valence-electron chi connectivity index (χ0n) is 14.4. The smallest absolute Gasteiger partial charge is 0.251 e. The van der Waals surface area contributed by atoms with Crippen molar-refractivity contribution < 1.29 is 4.79 Å². The number of aromatic nitrogens is 1. The molecule has 0 radical (unpaired) electrons. The van der Waals surface area contributed by atoms with Gasteiger partial charge in [-0.05, 0) is 44.2 Å². The molecule has 25 heavy (non-hydrogen) atoms. The lowest BCUT2D eigenvalue weighted by molar-refractivity contribution is 0.0954. The number of nitrogens with zero attached hydrogens (tertiary/aromatic N) is 1. The maximum Gasteiger partial charge on any atom is 0.251 e. The van der Waals surface area contributed by atoms with E-state index in [-0.39, 0.29) is 30.7 Å². The van der Waals surface area contributed by atoms with Gasteiger partial charge in [0.05, 0.1) is 10.7 Å². The molecular weight excluding hydrogens is 397 g/mol. The van der Waals surface area contributed by atoms with E-state index in [0.29, 0.717) is 12.1 Å². The summed E-state index contributed by atoms with van der Waals surface area (Å²) in [5.41, 5.74) is 1.81. The van der Waals surface area contributed by atoms with Gasteiger partial charge in [-0.1, -0.05) is 6.92 Å². The van der Waals surface area contributed by atoms with Crippen LogP contribution in [0.1, 0.15) is 34.4 Å². The summed E-state index contributed by atoms with van der Waals surface area (Å²) in [4.78, 5) is 17.6. The first kappa shape index (κ1) is 24.2. The van der Waals surface area contributed by atoms with Crippen LogP contribution >= 0.6 is 47.9 Å². The van der Waals surface area contributed by atoms with Crippen molar-refractivity contribution in [3.8, 4) is 0 Å². The second-order valence-electron chi connectivity index (χ2n) is 5.18. The van der Waals surface area contributed by atoms with Gasteiger partial charge in [0.1, 0.15) is 0 Å².